The van der Waals surface area contributed by atoms with Crippen molar-refractivity contribution in [2.24, 2.45) is 5.92 Å². The highest BCUT2D eigenvalue weighted by atomic mass is 16.3. The van der Waals surface area contributed by atoms with Gasteiger partial charge in [-0.1, -0.05) is 20.8 Å². The molecule has 16 heavy (non-hydrogen) atoms. The number of nitrogens with one attached hydrogen (secondary N) is 1. The zero-order chi connectivity index (χ0) is 12.1. The number of nitrogens with zero attached hydrogens (tertiary/aromatic N) is 1. The first kappa shape index (κ1) is 13.9. The summed E-state index contributed by atoms with van der Waals surface area (Å²) in [5, 5.41) is 13.2. The number of hydrogen-bond acceptors (Lipinski definition) is 3. The van der Waals surface area contributed by atoms with Gasteiger partial charge >= 0.3 is 0 Å². The Kier molecular flexibility index (Phi) is 5.73. The predicted octanol–water partition coefficient (Wildman–Crippen LogP) is 1.47. The van der Waals surface area contributed by atoms with E-state index in [9.17, 15) is 5.11 Å². The summed E-state index contributed by atoms with van der Waals surface area (Å²) in [7, 11) is 0. The van der Waals surface area contributed by atoms with Gasteiger partial charge in [0.05, 0.1) is 6.10 Å². The maximum absolute atomic E-state index is 9.95. The van der Waals surface area contributed by atoms with Crippen molar-refractivity contribution >= 4 is 0 Å². The molecule has 0 aromatic carbocycles. The maximum atomic E-state index is 9.95. The molecule has 3 heteroatoms. The number of piperidine rings is 1. The molecule has 0 saturated carbocycles. The molecule has 0 radical (unpaired) electrons. The summed E-state index contributed by atoms with van der Waals surface area (Å²) in [6, 6.07) is 1.06. The van der Waals surface area contributed by atoms with E-state index in [0.717, 1.165) is 19.0 Å². The van der Waals surface area contributed by atoms with Gasteiger partial charge in [-0.25, -0.2) is 0 Å². The van der Waals surface area contributed by atoms with E-state index in [1.807, 2.05) is 0 Å². The second kappa shape index (κ2) is 6.58. The fraction of sp³-hybridized carbons (Fsp3) is 1.00. The minimum absolute atomic E-state index is 0.241. The molecule has 1 rings (SSSR count). The first-order valence-corrected chi connectivity index (χ1v) is 6.66. The summed E-state index contributed by atoms with van der Waals surface area (Å²) in [5.41, 5.74) is 0. The number of hydrogen-bond donors (Lipinski definition) is 2. The monoisotopic (exact) mass is 228 g/mol. The minimum atomic E-state index is -0.241. The molecule has 96 valence electrons. The largest absolute Gasteiger partial charge is 0.390 e. The van der Waals surface area contributed by atoms with Crippen molar-refractivity contribution in [3.63, 3.8) is 0 Å². The van der Waals surface area contributed by atoms with E-state index in [4.69, 9.17) is 0 Å². The van der Waals surface area contributed by atoms with Gasteiger partial charge in [0.15, 0.2) is 0 Å². The van der Waals surface area contributed by atoms with Crippen LogP contribution in [0.2, 0.25) is 0 Å². The van der Waals surface area contributed by atoms with Crippen LogP contribution in [0.5, 0.6) is 0 Å². The molecule has 1 saturated heterocycles. The van der Waals surface area contributed by atoms with Crippen molar-refractivity contribution in [1.29, 1.82) is 0 Å². The van der Waals surface area contributed by atoms with Crippen LogP contribution in [0.15, 0.2) is 0 Å². The summed E-state index contributed by atoms with van der Waals surface area (Å²) >= 11 is 0. The van der Waals surface area contributed by atoms with E-state index < -0.39 is 0 Å². The van der Waals surface area contributed by atoms with Crippen molar-refractivity contribution in [3.05, 3.63) is 0 Å². The van der Waals surface area contributed by atoms with Gasteiger partial charge in [-0.3, -0.25) is 4.90 Å². The lowest BCUT2D eigenvalue weighted by Gasteiger charge is -2.39. The van der Waals surface area contributed by atoms with E-state index in [-0.39, 0.29) is 6.10 Å². The molecular weight excluding hydrogens is 200 g/mol. The number of likely N-dealkylation sites (tertiary alicyclic amines) is 1. The molecule has 1 heterocycles. The summed E-state index contributed by atoms with van der Waals surface area (Å²) in [6.07, 6.45) is 2.36. The van der Waals surface area contributed by atoms with Crippen LogP contribution < -0.4 is 5.32 Å². The van der Waals surface area contributed by atoms with Gasteiger partial charge in [-0.15, -0.1) is 0 Å². The summed E-state index contributed by atoms with van der Waals surface area (Å²) in [5.74, 6) is 0.763. The number of aliphatic hydroxyl groups excluding tert-OH is 1. The van der Waals surface area contributed by atoms with Crippen molar-refractivity contribution in [2.45, 2.75) is 58.7 Å². The van der Waals surface area contributed by atoms with Crippen LogP contribution in [0.1, 0.15) is 40.5 Å². The van der Waals surface area contributed by atoms with Crippen LogP contribution in [0.3, 0.4) is 0 Å². The average Bonchev–Trinajstić information content (AvgIpc) is 2.22. The molecule has 1 fully saturated rings. The third-order valence-electron chi connectivity index (χ3n) is 3.71. The number of rotatable bonds is 5. The van der Waals surface area contributed by atoms with Crippen LogP contribution in [0, 0.1) is 5.92 Å². The summed E-state index contributed by atoms with van der Waals surface area (Å²) < 4.78 is 0. The Morgan fingerprint density at radius 3 is 2.69 bits per heavy atom. The lowest BCUT2D eigenvalue weighted by atomic mass is 9.92. The van der Waals surface area contributed by atoms with E-state index in [1.54, 1.807) is 0 Å². The third-order valence-corrected chi connectivity index (χ3v) is 3.71. The smallest absolute Gasteiger partial charge is 0.0791 e. The molecule has 1 aliphatic heterocycles. The van der Waals surface area contributed by atoms with Gasteiger partial charge in [0.2, 0.25) is 0 Å². The average molecular weight is 228 g/mol. The molecule has 0 aromatic rings. The quantitative estimate of drug-likeness (QED) is 0.748. The van der Waals surface area contributed by atoms with Gasteiger partial charge in [0.25, 0.3) is 0 Å². The van der Waals surface area contributed by atoms with Crippen LogP contribution in [-0.2, 0) is 0 Å². The molecule has 2 N–H and O–H groups in total. The van der Waals surface area contributed by atoms with Crippen molar-refractivity contribution in [3.8, 4) is 0 Å². The maximum Gasteiger partial charge on any atom is 0.0791 e. The van der Waals surface area contributed by atoms with Crippen molar-refractivity contribution in [2.75, 3.05) is 19.6 Å². The topological polar surface area (TPSA) is 35.5 Å². The molecule has 3 atom stereocenters. The summed E-state index contributed by atoms with van der Waals surface area (Å²) in [6.45, 7) is 11.5. The molecule has 0 amide bonds. The van der Waals surface area contributed by atoms with Gasteiger partial charge in [-0.2, -0.15) is 0 Å². The Bertz CT molecular complexity index is 196. The molecule has 3 nitrogen and oxygen atoms in total. The Hall–Kier alpha value is -0.120. The third kappa shape index (κ3) is 4.40. The lowest BCUT2D eigenvalue weighted by Crippen LogP contribution is -2.48. The van der Waals surface area contributed by atoms with E-state index >= 15 is 0 Å². The van der Waals surface area contributed by atoms with E-state index in [2.05, 4.69) is 37.9 Å². The van der Waals surface area contributed by atoms with E-state index in [1.165, 1.54) is 12.8 Å². The standard InChI is InChI=1S/C13H28N2O/c1-10(2)14-8-13(16)9-15-7-5-6-11(3)12(15)4/h10-14,16H,5-9H2,1-4H3. The second-order valence-corrected chi connectivity index (χ2v) is 5.57. The Morgan fingerprint density at radius 1 is 1.38 bits per heavy atom. The molecule has 0 bridgehead atoms. The Balaban J connectivity index is 2.29. The summed E-state index contributed by atoms with van der Waals surface area (Å²) in [4.78, 5) is 2.43. The van der Waals surface area contributed by atoms with Gasteiger partial charge in [-0.05, 0) is 32.2 Å². The fourth-order valence-electron chi connectivity index (χ4n) is 2.39. The first-order chi connectivity index (χ1) is 7.50. The predicted molar refractivity (Wildman–Crippen MR) is 68.6 cm³/mol. The molecule has 0 spiro atoms. The Morgan fingerprint density at radius 2 is 2.06 bits per heavy atom. The highest BCUT2D eigenvalue weighted by Gasteiger charge is 2.25. The van der Waals surface area contributed by atoms with Gasteiger partial charge < -0.3 is 10.4 Å². The molecule has 3 unspecified atom stereocenters. The lowest BCUT2D eigenvalue weighted by molar-refractivity contribution is 0.0510. The SMILES string of the molecule is CC(C)NCC(O)CN1CCCC(C)C1C. The molecule has 0 aromatic heterocycles. The highest BCUT2D eigenvalue weighted by molar-refractivity contribution is 4.80. The van der Waals surface area contributed by atoms with E-state index in [0.29, 0.717) is 18.6 Å². The number of β-amino-alcohol motifs (C(OH)–C–C–N with tert-alkyl or cyclic N) is 1. The molecular formula is C13H28N2O. The minimum Gasteiger partial charge on any atom is -0.390 e. The Labute approximate surface area is 100 Å². The van der Waals surface area contributed by atoms with Crippen molar-refractivity contribution in [1.82, 2.24) is 10.2 Å². The van der Waals surface area contributed by atoms with Crippen molar-refractivity contribution < 1.29 is 5.11 Å². The second-order valence-electron chi connectivity index (χ2n) is 5.57. The van der Waals surface area contributed by atoms with Crippen LogP contribution in [-0.4, -0.2) is 47.8 Å². The van der Waals surface area contributed by atoms with Crippen LogP contribution >= 0.6 is 0 Å². The fourth-order valence-corrected chi connectivity index (χ4v) is 2.39. The molecule has 1 aliphatic rings. The van der Waals surface area contributed by atoms with Gasteiger partial charge in [0, 0.05) is 25.2 Å². The zero-order valence-electron chi connectivity index (χ0n) is 11.2. The zero-order valence-corrected chi connectivity index (χ0v) is 11.2. The normalized spacial score (nSPS) is 29.6. The van der Waals surface area contributed by atoms with Crippen LogP contribution in [0.4, 0.5) is 0 Å². The van der Waals surface area contributed by atoms with Crippen LogP contribution in [0.25, 0.3) is 0 Å². The number of aliphatic hydroxyl groups is 1. The highest BCUT2D eigenvalue weighted by Crippen LogP contribution is 2.22. The molecule has 0 aliphatic carbocycles. The van der Waals surface area contributed by atoms with Gasteiger partial charge in [0.1, 0.15) is 0 Å². The first-order valence-electron chi connectivity index (χ1n) is 6.66.